The summed E-state index contributed by atoms with van der Waals surface area (Å²) in [5.41, 5.74) is 1.49. The monoisotopic (exact) mass is 280 g/mol. The molecule has 0 heterocycles. The van der Waals surface area contributed by atoms with Crippen LogP contribution in [-0.2, 0) is 6.42 Å². The van der Waals surface area contributed by atoms with Crippen molar-refractivity contribution in [2.24, 2.45) is 0 Å². The first-order valence-electron chi connectivity index (χ1n) is 8.49. The predicted octanol–water partition coefficient (Wildman–Crippen LogP) is 6.69. The minimum Gasteiger partial charge on any atom is -0.0917 e. The van der Waals surface area contributed by atoms with Gasteiger partial charge in [-0.15, -0.1) is 0 Å². The lowest BCUT2D eigenvalue weighted by atomic mass is 10.0. The Morgan fingerprint density at radius 1 is 0.762 bits per heavy atom. The molecule has 0 amide bonds. The van der Waals surface area contributed by atoms with Crippen molar-refractivity contribution < 1.29 is 0 Å². The first kappa shape index (κ1) is 15.8. The van der Waals surface area contributed by atoms with E-state index >= 15 is 0 Å². The molecule has 0 aromatic heterocycles. The van der Waals surface area contributed by atoms with E-state index in [4.69, 9.17) is 0 Å². The summed E-state index contributed by atoms with van der Waals surface area (Å²) in [5.74, 6) is 0. The summed E-state index contributed by atoms with van der Waals surface area (Å²) in [6, 6.07) is 15.5. The first-order valence-corrected chi connectivity index (χ1v) is 8.49. The van der Waals surface area contributed by atoms with Gasteiger partial charge in [0.15, 0.2) is 0 Å². The van der Waals surface area contributed by atoms with E-state index in [9.17, 15) is 0 Å². The smallest absolute Gasteiger partial charge is 0.0181 e. The summed E-state index contributed by atoms with van der Waals surface area (Å²) in [6.07, 6.45) is 15.2. The first-order chi connectivity index (χ1) is 10.4. The Morgan fingerprint density at radius 3 is 2.29 bits per heavy atom. The second kappa shape index (κ2) is 9.39. The van der Waals surface area contributed by atoms with E-state index in [0.717, 1.165) is 0 Å². The highest BCUT2D eigenvalue weighted by atomic mass is 14.0. The van der Waals surface area contributed by atoms with Crippen molar-refractivity contribution >= 4 is 10.8 Å². The van der Waals surface area contributed by atoms with Crippen LogP contribution in [0.4, 0.5) is 0 Å². The Morgan fingerprint density at radius 2 is 1.48 bits per heavy atom. The molecule has 0 atom stereocenters. The molecule has 2 aromatic rings. The van der Waals surface area contributed by atoms with Crippen molar-refractivity contribution in [3.05, 3.63) is 60.2 Å². The van der Waals surface area contributed by atoms with Gasteiger partial charge in [-0.3, -0.25) is 0 Å². The van der Waals surface area contributed by atoms with E-state index in [0.29, 0.717) is 0 Å². The third kappa shape index (κ3) is 5.75. The van der Waals surface area contributed by atoms with Crippen LogP contribution in [0.5, 0.6) is 0 Å². The van der Waals surface area contributed by atoms with Gasteiger partial charge in [0.05, 0.1) is 0 Å². The van der Waals surface area contributed by atoms with Crippen molar-refractivity contribution in [2.75, 3.05) is 0 Å². The molecular weight excluding hydrogens is 252 g/mol. The number of unbranched alkanes of at least 4 members (excludes halogenated alkanes) is 6. The number of hydrogen-bond acceptors (Lipinski definition) is 0. The van der Waals surface area contributed by atoms with Gasteiger partial charge in [0.25, 0.3) is 0 Å². The fourth-order valence-corrected chi connectivity index (χ4v) is 2.86. The van der Waals surface area contributed by atoms with Gasteiger partial charge in [-0.25, -0.2) is 0 Å². The highest BCUT2D eigenvalue weighted by Crippen LogP contribution is 2.17. The van der Waals surface area contributed by atoms with Crippen LogP contribution in [0.25, 0.3) is 10.8 Å². The molecule has 0 radical (unpaired) electrons. The van der Waals surface area contributed by atoms with Crippen LogP contribution in [-0.4, -0.2) is 0 Å². The second-order valence-electron chi connectivity index (χ2n) is 5.91. The molecule has 0 unspecified atom stereocenters. The highest BCUT2D eigenvalue weighted by molar-refractivity contribution is 5.82. The Kier molecular flexibility index (Phi) is 7.07. The molecule has 0 heteroatoms. The van der Waals surface area contributed by atoms with E-state index in [1.165, 1.54) is 67.7 Å². The minimum absolute atomic E-state index is 1.23. The molecule has 0 N–H and O–H groups in total. The SMILES string of the molecule is C/C=C/CCCCCCCCc1ccc2ccccc2c1. The molecule has 112 valence electrons. The Hall–Kier alpha value is -1.56. The molecule has 2 aromatic carbocycles. The summed E-state index contributed by atoms with van der Waals surface area (Å²) in [6.45, 7) is 2.10. The van der Waals surface area contributed by atoms with E-state index in [1.54, 1.807) is 0 Å². The fraction of sp³-hybridized carbons (Fsp3) is 0.429. The van der Waals surface area contributed by atoms with Crippen LogP contribution >= 0.6 is 0 Å². The zero-order valence-corrected chi connectivity index (χ0v) is 13.4. The van der Waals surface area contributed by atoms with Gasteiger partial charge >= 0.3 is 0 Å². The van der Waals surface area contributed by atoms with E-state index in [2.05, 4.69) is 61.5 Å². The summed E-state index contributed by atoms with van der Waals surface area (Å²) in [5, 5.41) is 2.72. The topological polar surface area (TPSA) is 0 Å². The predicted molar refractivity (Wildman–Crippen MR) is 94.8 cm³/mol. The number of rotatable bonds is 9. The normalized spacial score (nSPS) is 11.5. The van der Waals surface area contributed by atoms with Crippen molar-refractivity contribution in [2.45, 2.75) is 58.3 Å². The third-order valence-electron chi connectivity index (χ3n) is 4.14. The largest absolute Gasteiger partial charge is 0.0917 e. The molecule has 0 bridgehead atoms. The number of aryl methyl sites for hydroxylation is 1. The fourth-order valence-electron chi connectivity index (χ4n) is 2.86. The van der Waals surface area contributed by atoms with E-state index in [1.807, 2.05) is 0 Å². The molecule has 0 nitrogen and oxygen atoms in total. The van der Waals surface area contributed by atoms with Crippen LogP contribution in [0.2, 0.25) is 0 Å². The molecule has 0 spiro atoms. The van der Waals surface area contributed by atoms with Gasteiger partial charge in [0.2, 0.25) is 0 Å². The maximum atomic E-state index is 2.35. The van der Waals surface area contributed by atoms with Gasteiger partial charge in [0.1, 0.15) is 0 Å². The lowest BCUT2D eigenvalue weighted by Gasteiger charge is -2.04. The molecule has 0 aliphatic carbocycles. The Labute approximate surface area is 129 Å². The molecule has 0 saturated heterocycles. The van der Waals surface area contributed by atoms with Crippen molar-refractivity contribution in [3.63, 3.8) is 0 Å². The Bertz CT molecular complexity index is 551. The van der Waals surface area contributed by atoms with Crippen molar-refractivity contribution in [3.8, 4) is 0 Å². The molecule has 21 heavy (non-hydrogen) atoms. The highest BCUT2D eigenvalue weighted by Gasteiger charge is 1.97. The lowest BCUT2D eigenvalue weighted by molar-refractivity contribution is 0.597. The number of fused-ring (bicyclic) bond motifs is 1. The van der Waals surface area contributed by atoms with Crippen LogP contribution in [0.3, 0.4) is 0 Å². The molecule has 0 fully saturated rings. The van der Waals surface area contributed by atoms with E-state index < -0.39 is 0 Å². The quantitative estimate of drug-likeness (QED) is 0.354. The summed E-state index contributed by atoms with van der Waals surface area (Å²) in [4.78, 5) is 0. The lowest BCUT2D eigenvalue weighted by Crippen LogP contribution is -1.87. The standard InChI is InChI=1S/C21H28/c1-2-3-4-5-6-7-8-9-10-13-19-16-17-20-14-11-12-15-21(20)18-19/h2-3,11-12,14-18H,4-10,13H2,1H3/b3-2+. The van der Waals surface area contributed by atoms with Gasteiger partial charge in [0, 0.05) is 0 Å². The molecular formula is C21H28. The third-order valence-corrected chi connectivity index (χ3v) is 4.14. The van der Waals surface area contributed by atoms with Gasteiger partial charge in [-0.1, -0.05) is 80.3 Å². The zero-order chi connectivity index (χ0) is 14.8. The zero-order valence-electron chi connectivity index (χ0n) is 13.4. The molecule has 0 aliphatic rings. The second-order valence-corrected chi connectivity index (χ2v) is 5.91. The van der Waals surface area contributed by atoms with Gasteiger partial charge in [-0.2, -0.15) is 0 Å². The maximum Gasteiger partial charge on any atom is -0.0181 e. The molecule has 2 rings (SSSR count). The van der Waals surface area contributed by atoms with E-state index in [-0.39, 0.29) is 0 Å². The average molecular weight is 280 g/mol. The van der Waals surface area contributed by atoms with Crippen LogP contribution in [0.15, 0.2) is 54.6 Å². The van der Waals surface area contributed by atoms with Crippen molar-refractivity contribution in [1.29, 1.82) is 0 Å². The van der Waals surface area contributed by atoms with Crippen LogP contribution < -0.4 is 0 Å². The summed E-state index contributed by atoms with van der Waals surface area (Å²) < 4.78 is 0. The van der Waals surface area contributed by atoms with Crippen LogP contribution in [0.1, 0.15) is 57.4 Å². The average Bonchev–Trinajstić information content (AvgIpc) is 2.53. The maximum absolute atomic E-state index is 2.35. The molecule has 0 saturated carbocycles. The summed E-state index contributed by atoms with van der Waals surface area (Å²) >= 11 is 0. The number of hydrogen-bond donors (Lipinski definition) is 0. The number of benzene rings is 2. The number of allylic oxidation sites excluding steroid dienone is 2. The minimum atomic E-state index is 1.23. The molecule has 0 aliphatic heterocycles. The Balaban J connectivity index is 1.61. The van der Waals surface area contributed by atoms with Crippen molar-refractivity contribution in [1.82, 2.24) is 0 Å². The van der Waals surface area contributed by atoms with Crippen LogP contribution in [0, 0.1) is 0 Å². The van der Waals surface area contributed by atoms with Gasteiger partial charge < -0.3 is 0 Å². The van der Waals surface area contributed by atoms with Gasteiger partial charge in [-0.05, 0) is 48.9 Å². The summed E-state index contributed by atoms with van der Waals surface area (Å²) in [7, 11) is 0.